The fraction of sp³-hybridized carbons (Fsp3) is 1.00. The summed E-state index contributed by atoms with van der Waals surface area (Å²) in [6.45, 7) is 5.11. The van der Waals surface area contributed by atoms with E-state index in [4.69, 9.17) is 25.2 Å². The second kappa shape index (κ2) is 14.8. The van der Waals surface area contributed by atoms with Crippen LogP contribution in [0.1, 0.15) is 13.8 Å². The molecule has 2 atom stereocenters. The van der Waals surface area contributed by atoms with Crippen LogP contribution in [0.4, 0.5) is 0 Å². The molecule has 0 aliphatic heterocycles. The normalized spacial score (nSPS) is 13.9. The first-order chi connectivity index (χ1) is 7.58. The van der Waals surface area contributed by atoms with Gasteiger partial charge in [0.15, 0.2) is 0 Å². The first-order valence-corrected chi connectivity index (χ1v) is 5.41. The van der Waals surface area contributed by atoms with E-state index in [1.807, 2.05) is 0 Å². The van der Waals surface area contributed by atoms with Crippen LogP contribution in [-0.2, 0) is 4.74 Å². The maximum absolute atomic E-state index is 8.69. The second-order valence-electron chi connectivity index (χ2n) is 3.37. The minimum Gasteiger partial charge on any atom is -0.395 e. The van der Waals surface area contributed by atoms with Crippen molar-refractivity contribution in [2.24, 2.45) is 0 Å². The van der Waals surface area contributed by atoms with Gasteiger partial charge >= 0.3 is 0 Å². The number of aliphatic hydroxyl groups is 4. The molecule has 0 saturated heterocycles. The summed E-state index contributed by atoms with van der Waals surface area (Å²) in [5.74, 6) is 0. The van der Waals surface area contributed by atoms with E-state index in [9.17, 15) is 0 Å². The van der Waals surface area contributed by atoms with Crippen LogP contribution < -0.4 is 5.32 Å². The predicted octanol–water partition coefficient (Wildman–Crippen LogP) is -1.67. The maximum atomic E-state index is 8.69. The molecular weight excluding hydrogens is 214 g/mol. The lowest BCUT2D eigenvalue weighted by Gasteiger charge is -2.10. The lowest BCUT2D eigenvalue weighted by atomic mass is 10.4. The summed E-state index contributed by atoms with van der Waals surface area (Å²) in [5, 5.41) is 36.2. The molecule has 0 aliphatic rings. The molecular formula is C10H25NO5. The van der Waals surface area contributed by atoms with Crippen molar-refractivity contribution in [2.75, 3.05) is 39.5 Å². The Morgan fingerprint density at radius 1 is 1.06 bits per heavy atom. The quantitative estimate of drug-likeness (QED) is 0.324. The molecule has 5 N–H and O–H groups in total. The van der Waals surface area contributed by atoms with Gasteiger partial charge in [0, 0.05) is 13.1 Å². The van der Waals surface area contributed by atoms with Crippen LogP contribution in [0.2, 0.25) is 0 Å². The van der Waals surface area contributed by atoms with Gasteiger partial charge < -0.3 is 30.5 Å². The lowest BCUT2D eigenvalue weighted by Crippen LogP contribution is -2.21. The van der Waals surface area contributed by atoms with E-state index in [2.05, 4.69) is 5.32 Å². The number of nitrogens with one attached hydrogen (secondary N) is 1. The lowest BCUT2D eigenvalue weighted by molar-refractivity contribution is -0.0177. The molecule has 0 aromatic heterocycles. The highest BCUT2D eigenvalue weighted by Crippen LogP contribution is 1.90. The molecule has 0 fully saturated rings. The van der Waals surface area contributed by atoms with Crippen LogP contribution in [0.5, 0.6) is 0 Å². The monoisotopic (exact) mass is 239 g/mol. The second-order valence-corrected chi connectivity index (χ2v) is 3.37. The van der Waals surface area contributed by atoms with E-state index in [1.54, 1.807) is 13.8 Å². The molecule has 0 rings (SSSR count). The van der Waals surface area contributed by atoms with Crippen molar-refractivity contribution in [1.29, 1.82) is 0 Å². The Morgan fingerprint density at radius 3 is 1.88 bits per heavy atom. The number of hydrogen-bond donors (Lipinski definition) is 5. The summed E-state index contributed by atoms with van der Waals surface area (Å²) in [6.07, 6.45) is -0.612. The number of rotatable bonds is 8. The van der Waals surface area contributed by atoms with Gasteiger partial charge in [-0.3, -0.25) is 0 Å². The predicted molar refractivity (Wildman–Crippen MR) is 61.2 cm³/mol. The van der Waals surface area contributed by atoms with Crippen molar-refractivity contribution >= 4 is 0 Å². The molecule has 0 heterocycles. The molecule has 6 heteroatoms. The van der Waals surface area contributed by atoms with Crippen molar-refractivity contribution in [3.8, 4) is 0 Å². The van der Waals surface area contributed by atoms with Gasteiger partial charge in [-0.1, -0.05) is 0 Å². The molecule has 0 radical (unpaired) electrons. The van der Waals surface area contributed by atoms with Crippen molar-refractivity contribution in [2.45, 2.75) is 26.1 Å². The zero-order valence-electron chi connectivity index (χ0n) is 10.1. The molecule has 0 saturated carbocycles. The van der Waals surface area contributed by atoms with Gasteiger partial charge in [-0.2, -0.15) is 0 Å². The summed E-state index contributed by atoms with van der Waals surface area (Å²) in [6, 6.07) is 0. The highest BCUT2D eigenvalue weighted by Gasteiger charge is 2.00. The molecule has 0 aliphatic carbocycles. The van der Waals surface area contributed by atoms with Gasteiger partial charge in [0.25, 0.3) is 0 Å². The summed E-state index contributed by atoms with van der Waals surface area (Å²) in [5.41, 5.74) is 0. The molecule has 6 nitrogen and oxygen atoms in total. The third kappa shape index (κ3) is 19.4. The average molecular weight is 239 g/mol. The molecule has 16 heavy (non-hydrogen) atoms. The Morgan fingerprint density at radius 2 is 1.56 bits per heavy atom. The molecule has 100 valence electrons. The fourth-order valence-corrected chi connectivity index (χ4v) is 0.639. The summed E-state index contributed by atoms with van der Waals surface area (Å²) >= 11 is 0. The third-order valence-electron chi connectivity index (χ3n) is 1.46. The van der Waals surface area contributed by atoms with E-state index in [0.29, 0.717) is 19.7 Å². The Hall–Kier alpha value is -0.240. The van der Waals surface area contributed by atoms with E-state index in [-0.39, 0.29) is 25.9 Å². The van der Waals surface area contributed by atoms with Crippen molar-refractivity contribution < 1.29 is 25.2 Å². The van der Waals surface area contributed by atoms with Crippen molar-refractivity contribution in [3.05, 3.63) is 0 Å². The molecule has 0 bridgehead atoms. The average Bonchev–Trinajstić information content (AvgIpc) is 2.27. The first kappa shape index (κ1) is 18.1. The number of ether oxygens (including phenoxy) is 1. The van der Waals surface area contributed by atoms with Crippen LogP contribution >= 0.6 is 0 Å². The zero-order chi connectivity index (χ0) is 12.8. The molecule has 0 aromatic rings. The van der Waals surface area contributed by atoms with E-state index >= 15 is 0 Å². The van der Waals surface area contributed by atoms with Crippen LogP contribution in [0.15, 0.2) is 0 Å². The highest BCUT2D eigenvalue weighted by atomic mass is 16.5. The van der Waals surface area contributed by atoms with Gasteiger partial charge in [0.1, 0.15) is 0 Å². The van der Waals surface area contributed by atoms with Gasteiger partial charge in [-0.25, -0.2) is 0 Å². The smallest absolute Gasteiger partial charge is 0.0779 e. The van der Waals surface area contributed by atoms with Gasteiger partial charge in [-0.15, -0.1) is 0 Å². The molecule has 0 amide bonds. The Balaban J connectivity index is 0. The maximum Gasteiger partial charge on any atom is 0.0779 e. The first-order valence-electron chi connectivity index (χ1n) is 5.41. The standard InChI is InChI=1S/C6H14O3.C4H11NO2/c1-5(8)4-9-6(2)3-7;6-3-1-5-2-4-7/h5-8H,3-4H2,1-2H3;5-7H,1-4H2. The fourth-order valence-electron chi connectivity index (χ4n) is 0.639. The molecule has 0 spiro atoms. The van der Waals surface area contributed by atoms with Crippen molar-refractivity contribution in [3.63, 3.8) is 0 Å². The SMILES string of the molecule is CC(O)COC(C)CO.OCCNCCO. The summed E-state index contributed by atoms with van der Waals surface area (Å²) < 4.78 is 4.95. The van der Waals surface area contributed by atoms with E-state index in [0.717, 1.165) is 0 Å². The van der Waals surface area contributed by atoms with Crippen LogP contribution in [0, 0.1) is 0 Å². The van der Waals surface area contributed by atoms with Crippen LogP contribution in [0.25, 0.3) is 0 Å². The molecule has 0 aromatic carbocycles. The summed E-state index contributed by atoms with van der Waals surface area (Å²) in [4.78, 5) is 0. The topological polar surface area (TPSA) is 102 Å². The van der Waals surface area contributed by atoms with Crippen LogP contribution in [-0.4, -0.2) is 72.2 Å². The number of hydrogen-bond acceptors (Lipinski definition) is 6. The van der Waals surface area contributed by atoms with Gasteiger partial charge in [0.05, 0.1) is 38.6 Å². The van der Waals surface area contributed by atoms with Gasteiger partial charge in [-0.05, 0) is 13.8 Å². The molecule has 2 unspecified atom stereocenters. The number of aliphatic hydroxyl groups excluding tert-OH is 4. The zero-order valence-corrected chi connectivity index (χ0v) is 10.1. The van der Waals surface area contributed by atoms with Gasteiger partial charge in [0.2, 0.25) is 0 Å². The van der Waals surface area contributed by atoms with Crippen LogP contribution in [0.3, 0.4) is 0 Å². The van der Waals surface area contributed by atoms with E-state index < -0.39 is 6.10 Å². The Kier molecular flexibility index (Phi) is 16.7. The highest BCUT2D eigenvalue weighted by molar-refractivity contribution is 4.47. The Bertz CT molecular complexity index is 120. The summed E-state index contributed by atoms with van der Waals surface area (Å²) in [7, 11) is 0. The van der Waals surface area contributed by atoms with Crippen molar-refractivity contribution in [1.82, 2.24) is 5.32 Å². The Labute approximate surface area is 96.9 Å². The minimum atomic E-state index is -0.445. The third-order valence-corrected chi connectivity index (χ3v) is 1.46. The minimum absolute atomic E-state index is 0.00667. The largest absolute Gasteiger partial charge is 0.395 e. The van der Waals surface area contributed by atoms with E-state index in [1.165, 1.54) is 0 Å².